The lowest BCUT2D eigenvalue weighted by molar-refractivity contribution is -0.137. The molecule has 0 fully saturated rings. The van der Waals surface area contributed by atoms with Crippen LogP contribution in [-0.4, -0.2) is 31.1 Å². The maximum Gasteiger partial charge on any atom is 0.416 e. The van der Waals surface area contributed by atoms with Crippen molar-refractivity contribution in [2.45, 2.75) is 17.6 Å². The smallest absolute Gasteiger partial charge is 0.366 e. The molecule has 3 N–H and O–H groups in total. The number of benzene rings is 2. The van der Waals surface area contributed by atoms with Crippen LogP contribution in [0, 0.1) is 0 Å². The first-order chi connectivity index (χ1) is 15.8. The summed E-state index contributed by atoms with van der Waals surface area (Å²) in [7, 11) is -3.40. The Hall–Kier alpha value is -3.93. The van der Waals surface area contributed by atoms with Crippen LogP contribution in [0.2, 0.25) is 0 Å². The number of hydrogen-bond acceptors (Lipinski definition) is 5. The Morgan fingerprint density at radius 2 is 1.71 bits per heavy atom. The minimum absolute atomic E-state index is 0.0840. The highest BCUT2D eigenvalue weighted by Crippen LogP contribution is 2.30. The number of carbonyl (C=O) groups excluding carboxylic acids is 2. The summed E-state index contributed by atoms with van der Waals surface area (Å²) in [5.74, 6) is -1.90. The molecule has 0 saturated carbocycles. The standard InChI is InChI=1S/C22H18F3N3O5S/c1-34(32,33)17-7-5-13(6-8-17)11-27-20(30)18-9-14(19(26)29)12-28(21(18)31)16-4-2-3-15(10-16)22(23,24)25/h2-10,12H,11H2,1H3,(H2,26,29)(H,27,30). The van der Waals surface area contributed by atoms with E-state index < -0.39 is 44.5 Å². The monoisotopic (exact) mass is 493 g/mol. The lowest BCUT2D eigenvalue weighted by Gasteiger charge is -2.13. The quantitative estimate of drug-likeness (QED) is 0.545. The minimum atomic E-state index is -4.67. The Kier molecular flexibility index (Phi) is 6.64. The van der Waals surface area contributed by atoms with Crippen molar-refractivity contribution in [3.8, 4) is 5.69 Å². The molecule has 178 valence electrons. The number of amides is 2. The summed E-state index contributed by atoms with van der Waals surface area (Å²) in [6.45, 7) is -0.0906. The summed E-state index contributed by atoms with van der Waals surface area (Å²) < 4.78 is 63.1. The molecule has 0 spiro atoms. The summed E-state index contributed by atoms with van der Waals surface area (Å²) in [4.78, 5) is 37.4. The molecule has 0 bridgehead atoms. The number of aromatic nitrogens is 1. The maximum absolute atomic E-state index is 13.1. The highest BCUT2D eigenvalue weighted by molar-refractivity contribution is 7.90. The number of rotatable bonds is 6. The van der Waals surface area contributed by atoms with Crippen LogP contribution in [-0.2, 0) is 22.6 Å². The highest BCUT2D eigenvalue weighted by atomic mass is 32.2. The van der Waals surface area contributed by atoms with Crippen molar-refractivity contribution in [2.24, 2.45) is 5.73 Å². The predicted molar refractivity (Wildman–Crippen MR) is 116 cm³/mol. The average Bonchev–Trinajstić information content (AvgIpc) is 2.76. The van der Waals surface area contributed by atoms with E-state index in [0.29, 0.717) is 11.6 Å². The zero-order chi connectivity index (χ0) is 25.3. The first kappa shape index (κ1) is 24.7. The molecule has 0 atom stereocenters. The Morgan fingerprint density at radius 1 is 1.06 bits per heavy atom. The summed E-state index contributed by atoms with van der Waals surface area (Å²) in [5, 5.41) is 2.46. The highest BCUT2D eigenvalue weighted by Gasteiger charge is 2.30. The Labute approximate surface area is 191 Å². The van der Waals surface area contributed by atoms with Crippen LogP contribution in [0.25, 0.3) is 5.69 Å². The van der Waals surface area contributed by atoms with Gasteiger partial charge in [-0.25, -0.2) is 8.42 Å². The van der Waals surface area contributed by atoms with Crippen molar-refractivity contribution < 1.29 is 31.2 Å². The van der Waals surface area contributed by atoms with Gasteiger partial charge in [0.25, 0.3) is 11.5 Å². The zero-order valence-corrected chi connectivity index (χ0v) is 18.4. The van der Waals surface area contributed by atoms with Gasteiger partial charge in [-0.3, -0.25) is 19.0 Å². The number of nitrogens with one attached hydrogen (secondary N) is 1. The van der Waals surface area contributed by atoms with Gasteiger partial charge in [-0.1, -0.05) is 18.2 Å². The van der Waals surface area contributed by atoms with Gasteiger partial charge in [-0.2, -0.15) is 13.2 Å². The van der Waals surface area contributed by atoms with Gasteiger partial charge in [0.05, 0.1) is 16.0 Å². The topological polar surface area (TPSA) is 128 Å². The Morgan fingerprint density at radius 3 is 2.26 bits per heavy atom. The van der Waals surface area contributed by atoms with E-state index in [1.165, 1.54) is 30.3 Å². The average molecular weight is 493 g/mol. The third-order valence-corrected chi connectivity index (χ3v) is 5.93. The second-order valence-corrected chi connectivity index (χ2v) is 9.34. The van der Waals surface area contributed by atoms with Gasteiger partial charge in [0.2, 0.25) is 5.91 Å². The lowest BCUT2D eigenvalue weighted by Crippen LogP contribution is -2.33. The Bertz CT molecular complexity index is 1430. The summed E-state index contributed by atoms with van der Waals surface area (Å²) >= 11 is 0. The van der Waals surface area contributed by atoms with Gasteiger partial charge in [-0.15, -0.1) is 0 Å². The third kappa shape index (κ3) is 5.52. The molecule has 0 aliphatic heterocycles. The molecule has 2 aromatic carbocycles. The second-order valence-electron chi connectivity index (χ2n) is 7.33. The van der Waals surface area contributed by atoms with Crippen molar-refractivity contribution in [3.63, 3.8) is 0 Å². The number of nitrogens with two attached hydrogens (primary N) is 1. The van der Waals surface area contributed by atoms with E-state index in [1.807, 2.05) is 0 Å². The van der Waals surface area contributed by atoms with Crippen LogP contribution >= 0.6 is 0 Å². The molecule has 3 rings (SSSR count). The molecule has 1 heterocycles. The molecule has 0 aliphatic rings. The first-order valence-electron chi connectivity index (χ1n) is 9.58. The molecule has 0 radical (unpaired) electrons. The van der Waals surface area contributed by atoms with Crippen molar-refractivity contribution in [3.05, 3.63) is 93.4 Å². The van der Waals surface area contributed by atoms with Crippen molar-refractivity contribution in [2.75, 3.05) is 6.26 Å². The van der Waals surface area contributed by atoms with E-state index >= 15 is 0 Å². The minimum Gasteiger partial charge on any atom is -0.366 e. The van der Waals surface area contributed by atoms with Crippen LogP contribution in [0.5, 0.6) is 0 Å². The van der Waals surface area contributed by atoms with Gasteiger partial charge in [0.15, 0.2) is 9.84 Å². The largest absolute Gasteiger partial charge is 0.416 e. The van der Waals surface area contributed by atoms with Gasteiger partial charge in [0.1, 0.15) is 5.56 Å². The Balaban J connectivity index is 1.95. The van der Waals surface area contributed by atoms with Crippen LogP contribution in [0.3, 0.4) is 0 Å². The molecule has 1 aromatic heterocycles. The number of halogens is 3. The molecule has 0 unspecified atom stereocenters. The van der Waals surface area contributed by atoms with Gasteiger partial charge in [0, 0.05) is 24.7 Å². The number of primary amides is 1. The molecule has 0 aliphatic carbocycles. The molecule has 2 amide bonds. The van der Waals surface area contributed by atoms with E-state index in [9.17, 15) is 36.0 Å². The normalized spacial score (nSPS) is 11.8. The molecular weight excluding hydrogens is 475 g/mol. The van der Waals surface area contributed by atoms with Crippen molar-refractivity contribution in [1.82, 2.24) is 9.88 Å². The third-order valence-electron chi connectivity index (χ3n) is 4.80. The van der Waals surface area contributed by atoms with Crippen LogP contribution < -0.4 is 16.6 Å². The van der Waals surface area contributed by atoms with E-state index in [-0.39, 0.29) is 22.7 Å². The van der Waals surface area contributed by atoms with Crippen molar-refractivity contribution in [1.29, 1.82) is 0 Å². The number of hydrogen-bond donors (Lipinski definition) is 2. The van der Waals surface area contributed by atoms with Gasteiger partial charge >= 0.3 is 6.18 Å². The van der Waals surface area contributed by atoms with Gasteiger partial charge in [-0.05, 0) is 42.0 Å². The van der Waals surface area contributed by atoms with E-state index in [4.69, 9.17) is 5.73 Å². The predicted octanol–water partition coefficient (Wildman–Crippen LogP) is 2.29. The number of carbonyl (C=O) groups is 2. The molecule has 12 heteroatoms. The number of sulfone groups is 1. The summed E-state index contributed by atoms with van der Waals surface area (Å²) in [6.07, 6.45) is -2.67. The number of nitrogens with zero attached hydrogens (tertiary/aromatic N) is 1. The van der Waals surface area contributed by atoms with E-state index in [2.05, 4.69) is 5.32 Å². The van der Waals surface area contributed by atoms with E-state index in [1.54, 1.807) is 0 Å². The van der Waals surface area contributed by atoms with Crippen LogP contribution in [0.15, 0.2) is 70.5 Å². The van der Waals surface area contributed by atoms with Crippen molar-refractivity contribution >= 4 is 21.7 Å². The maximum atomic E-state index is 13.1. The number of pyridine rings is 1. The summed E-state index contributed by atoms with van der Waals surface area (Å²) in [5.41, 5.74) is 2.82. The van der Waals surface area contributed by atoms with Gasteiger partial charge < -0.3 is 11.1 Å². The van der Waals surface area contributed by atoms with E-state index in [0.717, 1.165) is 35.2 Å². The fourth-order valence-corrected chi connectivity index (χ4v) is 3.67. The lowest BCUT2D eigenvalue weighted by atomic mass is 10.1. The molecule has 8 nitrogen and oxygen atoms in total. The molecule has 34 heavy (non-hydrogen) atoms. The second kappa shape index (κ2) is 9.14. The van der Waals surface area contributed by atoms with Crippen LogP contribution in [0.4, 0.5) is 13.2 Å². The fraction of sp³-hybridized carbons (Fsp3) is 0.136. The molecule has 3 aromatic rings. The fourth-order valence-electron chi connectivity index (χ4n) is 3.04. The molecular formula is C22H18F3N3O5S. The zero-order valence-electron chi connectivity index (χ0n) is 17.6. The molecule has 0 saturated heterocycles. The SMILES string of the molecule is CS(=O)(=O)c1ccc(CNC(=O)c2cc(C(N)=O)cn(-c3cccc(C(F)(F)F)c3)c2=O)cc1. The summed E-state index contributed by atoms with van der Waals surface area (Å²) in [6, 6.07) is 10.4. The number of alkyl halides is 3. The first-order valence-corrected chi connectivity index (χ1v) is 11.5. The van der Waals surface area contributed by atoms with Crippen LogP contribution in [0.1, 0.15) is 31.8 Å².